The molecule has 2 saturated heterocycles. The van der Waals surface area contributed by atoms with Crippen LogP contribution in [0.3, 0.4) is 0 Å². The highest BCUT2D eigenvalue weighted by Gasteiger charge is 2.47. The average molecular weight is 344 g/mol. The molecule has 1 aromatic rings. The topological polar surface area (TPSA) is 43.8 Å². The molecule has 0 saturated carbocycles. The number of carboxylic acid groups (broad SMARTS) is 1. The molecule has 25 heavy (non-hydrogen) atoms. The first kappa shape index (κ1) is 18.4. The van der Waals surface area contributed by atoms with Crippen molar-refractivity contribution < 1.29 is 9.90 Å². The van der Waals surface area contributed by atoms with E-state index in [1.54, 1.807) is 0 Å². The van der Waals surface area contributed by atoms with Crippen LogP contribution in [0, 0.1) is 19.3 Å². The minimum atomic E-state index is -0.636. The summed E-state index contributed by atoms with van der Waals surface area (Å²) in [4.78, 5) is 16.4. The van der Waals surface area contributed by atoms with Gasteiger partial charge in [0.05, 0.1) is 0 Å². The molecule has 2 aliphatic rings. The summed E-state index contributed by atoms with van der Waals surface area (Å²) in [5.74, 6) is -0.636. The molecule has 1 spiro atoms. The molecule has 1 atom stereocenters. The number of piperidine rings is 1. The largest absolute Gasteiger partial charge is 0.480 e. The van der Waals surface area contributed by atoms with Crippen LogP contribution in [0.4, 0.5) is 0 Å². The number of carboxylic acids is 1. The van der Waals surface area contributed by atoms with Crippen LogP contribution in [0.25, 0.3) is 0 Å². The number of hydrogen-bond acceptors (Lipinski definition) is 3. The monoisotopic (exact) mass is 344 g/mol. The normalized spacial score (nSPS) is 24.0. The second-order valence-electron chi connectivity index (χ2n) is 8.30. The number of hydrogen-bond donors (Lipinski definition) is 1. The maximum absolute atomic E-state index is 11.6. The van der Waals surface area contributed by atoms with Crippen molar-refractivity contribution in [3.05, 3.63) is 34.9 Å². The molecule has 3 rings (SSSR count). The van der Waals surface area contributed by atoms with Gasteiger partial charge in [-0.2, -0.15) is 0 Å². The second kappa shape index (κ2) is 7.46. The van der Waals surface area contributed by atoms with Gasteiger partial charge in [0.15, 0.2) is 0 Å². The van der Waals surface area contributed by atoms with Crippen molar-refractivity contribution in [1.82, 2.24) is 9.80 Å². The van der Waals surface area contributed by atoms with E-state index in [9.17, 15) is 9.90 Å². The van der Waals surface area contributed by atoms with Crippen LogP contribution >= 0.6 is 0 Å². The van der Waals surface area contributed by atoms with Gasteiger partial charge in [-0.15, -0.1) is 0 Å². The van der Waals surface area contributed by atoms with Gasteiger partial charge in [-0.05, 0) is 70.1 Å². The summed E-state index contributed by atoms with van der Waals surface area (Å²) in [7, 11) is 0. The predicted octanol–water partition coefficient (Wildman–Crippen LogP) is 3.45. The van der Waals surface area contributed by atoms with E-state index in [2.05, 4.69) is 48.8 Å². The molecule has 4 heteroatoms. The fourth-order valence-electron chi connectivity index (χ4n) is 4.88. The highest BCUT2D eigenvalue weighted by molar-refractivity contribution is 5.74. The smallest absolute Gasteiger partial charge is 0.320 e. The molecule has 0 unspecified atom stereocenters. The van der Waals surface area contributed by atoms with Gasteiger partial charge in [0.1, 0.15) is 6.04 Å². The highest BCUT2D eigenvalue weighted by atomic mass is 16.4. The molecule has 4 nitrogen and oxygen atoms in total. The Kier molecular flexibility index (Phi) is 5.49. The summed E-state index contributed by atoms with van der Waals surface area (Å²) in [5, 5.41) is 9.57. The molecular formula is C21H32N2O2. The van der Waals surface area contributed by atoms with Crippen LogP contribution in [-0.4, -0.2) is 53.1 Å². The van der Waals surface area contributed by atoms with Crippen molar-refractivity contribution in [3.63, 3.8) is 0 Å². The first-order valence-corrected chi connectivity index (χ1v) is 9.67. The Bertz CT molecular complexity index is 600. The lowest BCUT2D eigenvalue weighted by Crippen LogP contribution is -2.41. The second-order valence-corrected chi connectivity index (χ2v) is 8.30. The summed E-state index contributed by atoms with van der Waals surface area (Å²) in [5.41, 5.74) is 4.28. The Morgan fingerprint density at radius 2 is 1.84 bits per heavy atom. The molecule has 1 aromatic carbocycles. The minimum Gasteiger partial charge on any atom is -0.480 e. The van der Waals surface area contributed by atoms with Gasteiger partial charge in [0, 0.05) is 13.1 Å². The zero-order chi connectivity index (χ0) is 18.0. The third-order valence-corrected chi connectivity index (χ3v) is 6.01. The van der Waals surface area contributed by atoms with Crippen LogP contribution in [-0.2, 0) is 11.3 Å². The van der Waals surface area contributed by atoms with Crippen LogP contribution in [0.1, 0.15) is 49.3 Å². The SMILES string of the molecule is CCCN1CC2(CCN(Cc3cc(C)cc(C)c3)CC2)C[C@@H]1C(=O)O. The highest BCUT2D eigenvalue weighted by Crippen LogP contribution is 2.43. The zero-order valence-corrected chi connectivity index (χ0v) is 15.9. The Morgan fingerprint density at radius 3 is 2.40 bits per heavy atom. The number of benzene rings is 1. The number of carbonyl (C=O) groups is 1. The number of likely N-dealkylation sites (tertiary alicyclic amines) is 2. The molecule has 2 fully saturated rings. The number of nitrogens with zero attached hydrogens (tertiary/aromatic N) is 2. The Labute approximate surface area is 151 Å². The predicted molar refractivity (Wildman–Crippen MR) is 101 cm³/mol. The average Bonchev–Trinajstić information content (AvgIpc) is 2.88. The van der Waals surface area contributed by atoms with E-state index in [0.717, 1.165) is 58.4 Å². The third-order valence-electron chi connectivity index (χ3n) is 6.01. The summed E-state index contributed by atoms with van der Waals surface area (Å²) in [6, 6.07) is 6.53. The summed E-state index contributed by atoms with van der Waals surface area (Å²) < 4.78 is 0. The van der Waals surface area contributed by atoms with E-state index < -0.39 is 5.97 Å². The Balaban J connectivity index is 1.60. The molecule has 1 N–H and O–H groups in total. The van der Waals surface area contributed by atoms with Crippen molar-refractivity contribution in [2.24, 2.45) is 5.41 Å². The van der Waals surface area contributed by atoms with Crippen molar-refractivity contribution in [2.45, 2.75) is 59.0 Å². The van der Waals surface area contributed by atoms with Crippen molar-refractivity contribution in [2.75, 3.05) is 26.2 Å². The first-order valence-electron chi connectivity index (χ1n) is 9.67. The molecule has 2 heterocycles. The van der Waals surface area contributed by atoms with Crippen LogP contribution < -0.4 is 0 Å². The van der Waals surface area contributed by atoms with Gasteiger partial charge < -0.3 is 5.11 Å². The van der Waals surface area contributed by atoms with Crippen molar-refractivity contribution >= 4 is 5.97 Å². The number of rotatable bonds is 5. The van der Waals surface area contributed by atoms with Gasteiger partial charge in [-0.1, -0.05) is 36.2 Å². The molecule has 0 amide bonds. The minimum absolute atomic E-state index is 0.219. The molecule has 2 aliphatic heterocycles. The van der Waals surface area contributed by atoms with E-state index in [1.165, 1.54) is 16.7 Å². The fraction of sp³-hybridized carbons (Fsp3) is 0.667. The van der Waals surface area contributed by atoms with E-state index in [0.29, 0.717) is 0 Å². The van der Waals surface area contributed by atoms with E-state index in [1.807, 2.05) is 0 Å². The van der Waals surface area contributed by atoms with Crippen LogP contribution in [0.15, 0.2) is 18.2 Å². The van der Waals surface area contributed by atoms with E-state index in [4.69, 9.17) is 0 Å². The zero-order valence-electron chi connectivity index (χ0n) is 15.9. The standard InChI is InChI=1S/C21H32N2O2/c1-4-7-23-15-21(13-19(23)20(24)25)5-8-22(9-6-21)14-18-11-16(2)10-17(3)12-18/h10-12,19H,4-9,13-15H2,1-3H3,(H,24,25)/t19-/m1/s1. The maximum atomic E-state index is 11.6. The number of aryl methyl sites for hydroxylation is 2. The summed E-state index contributed by atoms with van der Waals surface area (Å²) in [6.45, 7) is 11.5. The molecule has 0 aromatic heterocycles. The van der Waals surface area contributed by atoms with E-state index >= 15 is 0 Å². The molecular weight excluding hydrogens is 312 g/mol. The van der Waals surface area contributed by atoms with Gasteiger partial charge in [-0.25, -0.2) is 0 Å². The maximum Gasteiger partial charge on any atom is 0.320 e. The summed E-state index contributed by atoms with van der Waals surface area (Å²) >= 11 is 0. The van der Waals surface area contributed by atoms with Gasteiger partial charge in [-0.3, -0.25) is 14.6 Å². The van der Waals surface area contributed by atoms with Crippen molar-refractivity contribution in [1.29, 1.82) is 0 Å². The summed E-state index contributed by atoms with van der Waals surface area (Å²) in [6.07, 6.45) is 4.11. The fourth-order valence-corrected chi connectivity index (χ4v) is 4.88. The third kappa shape index (κ3) is 4.24. The lowest BCUT2D eigenvalue weighted by molar-refractivity contribution is -0.142. The number of aliphatic carboxylic acids is 1. The van der Waals surface area contributed by atoms with E-state index in [-0.39, 0.29) is 11.5 Å². The van der Waals surface area contributed by atoms with Gasteiger partial charge >= 0.3 is 5.97 Å². The van der Waals surface area contributed by atoms with Gasteiger partial charge in [0.25, 0.3) is 0 Å². The molecule has 0 aliphatic carbocycles. The quantitative estimate of drug-likeness (QED) is 0.888. The Morgan fingerprint density at radius 1 is 1.20 bits per heavy atom. The lowest BCUT2D eigenvalue weighted by Gasteiger charge is -2.39. The van der Waals surface area contributed by atoms with Crippen LogP contribution in [0.2, 0.25) is 0 Å². The molecule has 0 bridgehead atoms. The van der Waals surface area contributed by atoms with Crippen LogP contribution in [0.5, 0.6) is 0 Å². The molecule has 0 radical (unpaired) electrons. The van der Waals surface area contributed by atoms with Crippen molar-refractivity contribution in [3.8, 4) is 0 Å². The first-order chi connectivity index (χ1) is 11.9. The lowest BCUT2D eigenvalue weighted by atomic mass is 9.76. The molecule has 138 valence electrons. The van der Waals surface area contributed by atoms with Gasteiger partial charge in [0.2, 0.25) is 0 Å². The Hall–Kier alpha value is -1.39.